The molecule has 3 nitrogen and oxygen atoms in total. The molecule has 0 spiro atoms. The van der Waals surface area contributed by atoms with E-state index in [4.69, 9.17) is 4.74 Å². The van der Waals surface area contributed by atoms with Gasteiger partial charge in [0.2, 0.25) is 0 Å². The Kier molecular flexibility index (Phi) is 4.39. The van der Waals surface area contributed by atoms with E-state index in [1.54, 1.807) is 12.1 Å². The molecule has 0 aliphatic heterocycles. The van der Waals surface area contributed by atoms with Gasteiger partial charge in [0.25, 0.3) is 0 Å². The first-order valence-electron chi connectivity index (χ1n) is 7.31. The molecule has 3 aromatic carbocycles. The molecule has 0 bridgehead atoms. The van der Waals surface area contributed by atoms with Crippen molar-refractivity contribution in [1.82, 2.24) is 0 Å². The second kappa shape index (κ2) is 6.79. The summed E-state index contributed by atoms with van der Waals surface area (Å²) in [5, 5.41) is 9.72. The molecule has 0 heterocycles. The van der Waals surface area contributed by atoms with E-state index in [0.717, 1.165) is 28.7 Å². The lowest BCUT2D eigenvalue weighted by Crippen LogP contribution is -1.95. The molecule has 23 heavy (non-hydrogen) atoms. The smallest absolute Gasteiger partial charge is 0.150 e. The van der Waals surface area contributed by atoms with E-state index in [-0.39, 0.29) is 5.75 Å². The van der Waals surface area contributed by atoms with E-state index < -0.39 is 0 Å². The van der Waals surface area contributed by atoms with Crippen LogP contribution in [-0.2, 0) is 6.61 Å². The highest BCUT2D eigenvalue weighted by atomic mass is 16.5. The maximum absolute atomic E-state index is 10.9. The predicted molar refractivity (Wildman–Crippen MR) is 89.7 cm³/mol. The van der Waals surface area contributed by atoms with Crippen molar-refractivity contribution in [3.63, 3.8) is 0 Å². The molecule has 0 saturated heterocycles. The summed E-state index contributed by atoms with van der Waals surface area (Å²) in [6, 6.07) is 22.3. The van der Waals surface area contributed by atoms with Crippen molar-refractivity contribution >= 4 is 6.29 Å². The number of aromatic hydroxyl groups is 1. The van der Waals surface area contributed by atoms with Gasteiger partial charge in [-0.05, 0) is 47.0 Å². The molecule has 1 N–H and O–H groups in total. The molecule has 0 radical (unpaired) electrons. The zero-order valence-electron chi connectivity index (χ0n) is 12.5. The second-order valence-electron chi connectivity index (χ2n) is 5.23. The van der Waals surface area contributed by atoms with Crippen LogP contribution in [0.25, 0.3) is 11.1 Å². The fourth-order valence-electron chi connectivity index (χ4n) is 2.38. The lowest BCUT2D eigenvalue weighted by atomic mass is 10.0. The van der Waals surface area contributed by atoms with Crippen molar-refractivity contribution < 1.29 is 14.6 Å². The topological polar surface area (TPSA) is 46.5 Å². The average Bonchev–Trinajstić information content (AvgIpc) is 2.60. The van der Waals surface area contributed by atoms with Gasteiger partial charge in [-0.15, -0.1) is 0 Å². The molecular weight excluding hydrogens is 288 g/mol. The Morgan fingerprint density at radius 1 is 0.870 bits per heavy atom. The zero-order chi connectivity index (χ0) is 16.1. The first-order chi connectivity index (χ1) is 11.2. The Morgan fingerprint density at radius 2 is 1.70 bits per heavy atom. The van der Waals surface area contributed by atoms with Gasteiger partial charge in [-0.2, -0.15) is 0 Å². The quantitative estimate of drug-likeness (QED) is 0.708. The summed E-state index contributed by atoms with van der Waals surface area (Å²) in [7, 11) is 0. The van der Waals surface area contributed by atoms with Crippen LogP contribution in [-0.4, -0.2) is 11.4 Å². The molecule has 3 rings (SSSR count). The number of carbonyl (C=O) groups is 1. The maximum atomic E-state index is 10.9. The van der Waals surface area contributed by atoms with E-state index >= 15 is 0 Å². The van der Waals surface area contributed by atoms with E-state index in [1.165, 1.54) is 6.07 Å². The zero-order valence-corrected chi connectivity index (χ0v) is 12.5. The predicted octanol–water partition coefficient (Wildman–Crippen LogP) is 4.45. The van der Waals surface area contributed by atoms with Gasteiger partial charge in [-0.25, -0.2) is 0 Å². The van der Waals surface area contributed by atoms with E-state index in [2.05, 4.69) is 0 Å². The van der Waals surface area contributed by atoms with Crippen LogP contribution in [0, 0.1) is 0 Å². The second-order valence-corrected chi connectivity index (χ2v) is 5.23. The highest BCUT2D eigenvalue weighted by Gasteiger charge is 2.04. The molecule has 0 atom stereocenters. The third-order valence-corrected chi connectivity index (χ3v) is 3.49. The fourth-order valence-corrected chi connectivity index (χ4v) is 2.38. The van der Waals surface area contributed by atoms with Crippen LogP contribution in [0.15, 0.2) is 72.8 Å². The Balaban J connectivity index is 1.82. The molecule has 3 heteroatoms. The van der Waals surface area contributed by atoms with Gasteiger partial charge in [0.1, 0.15) is 24.4 Å². The lowest BCUT2D eigenvalue weighted by Gasteiger charge is -2.09. The van der Waals surface area contributed by atoms with Crippen molar-refractivity contribution in [2.24, 2.45) is 0 Å². The molecule has 0 saturated carbocycles. The molecule has 3 aromatic rings. The molecule has 0 aromatic heterocycles. The number of hydrogen-bond donors (Lipinski definition) is 1. The number of phenolic OH excluding ortho intramolecular Hbond substituents is 1. The minimum Gasteiger partial charge on any atom is -0.508 e. The summed E-state index contributed by atoms with van der Waals surface area (Å²) in [5.41, 5.74) is 3.20. The first kappa shape index (κ1) is 14.9. The summed E-state index contributed by atoms with van der Waals surface area (Å²) in [5.74, 6) is 0.808. The summed E-state index contributed by atoms with van der Waals surface area (Å²) in [6.07, 6.45) is 0.721. The van der Waals surface area contributed by atoms with E-state index in [9.17, 15) is 9.90 Å². The van der Waals surface area contributed by atoms with Gasteiger partial charge in [-0.3, -0.25) is 4.79 Å². The third-order valence-electron chi connectivity index (χ3n) is 3.49. The standard InChI is InChI=1S/C20H16O3/c21-13-16-9-18(11-19(22)10-16)17-7-4-8-20(12-17)23-14-15-5-2-1-3-6-15/h1-13,22H,14H2. The normalized spacial score (nSPS) is 10.3. The number of phenols is 1. The fraction of sp³-hybridized carbons (Fsp3) is 0.0500. The van der Waals surface area contributed by atoms with E-state index in [1.807, 2.05) is 54.6 Å². The highest BCUT2D eigenvalue weighted by molar-refractivity contribution is 5.80. The van der Waals surface area contributed by atoms with Crippen LogP contribution in [0.2, 0.25) is 0 Å². The largest absolute Gasteiger partial charge is 0.508 e. The number of benzene rings is 3. The van der Waals surface area contributed by atoms with Crippen molar-refractivity contribution in [1.29, 1.82) is 0 Å². The van der Waals surface area contributed by atoms with Crippen LogP contribution in [0.5, 0.6) is 11.5 Å². The maximum Gasteiger partial charge on any atom is 0.150 e. The third kappa shape index (κ3) is 3.77. The van der Waals surface area contributed by atoms with E-state index in [0.29, 0.717) is 12.2 Å². The van der Waals surface area contributed by atoms with Crippen LogP contribution >= 0.6 is 0 Å². The molecule has 114 valence electrons. The molecule has 0 unspecified atom stereocenters. The Bertz CT molecular complexity index is 810. The number of hydrogen-bond acceptors (Lipinski definition) is 3. The van der Waals surface area contributed by atoms with Crippen molar-refractivity contribution in [2.45, 2.75) is 6.61 Å². The van der Waals surface area contributed by atoms with Crippen LogP contribution < -0.4 is 4.74 Å². The van der Waals surface area contributed by atoms with Gasteiger partial charge in [0.15, 0.2) is 0 Å². The van der Waals surface area contributed by atoms with Crippen LogP contribution in [0.4, 0.5) is 0 Å². The van der Waals surface area contributed by atoms with Gasteiger partial charge in [0, 0.05) is 5.56 Å². The average molecular weight is 304 g/mol. The Hall–Kier alpha value is -3.07. The SMILES string of the molecule is O=Cc1cc(O)cc(-c2cccc(OCc3ccccc3)c2)c1. The summed E-state index contributed by atoms with van der Waals surface area (Å²) in [6.45, 7) is 0.490. The minimum absolute atomic E-state index is 0.0696. The molecule has 0 aliphatic carbocycles. The van der Waals surface area contributed by atoms with Crippen molar-refractivity contribution in [3.05, 3.63) is 83.9 Å². The minimum atomic E-state index is 0.0696. The first-order valence-corrected chi connectivity index (χ1v) is 7.31. The summed E-state index contributed by atoms with van der Waals surface area (Å²) < 4.78 is 5.81. The van der Waals surface area contributed by atoms with Gasteiger partial charge < -0.3 is 9.84 Å². The molecule has 0 aliphatic rings. The molecular formula is C20H16O3. The van der Waals surface area contributed by atoms with Crippen LogP contribution in [0.1, 0.15) is 15.9 Å². The van der Waals surface area contributed by atoms with Gasteiger partial charge in [0.05, 0.1) is 0 Å². The van der Waals surface area contributed by atoms with Crippen LogP contribution in [0.3, 0.4) is 0 Å². The van der Waals surface area contributed by atoms with Gasteiger partial charge in [-0.1, -0.05) is 42.5 Å². The van der Waals surface area contributed by atoms with Crippen molar-refractivity contribution in [3.8, 4) is 22.6 Å². The van der Waals surface area contributed by atoms with Gasteiger partial charge >= 0.3 is 0 Å². The Morgan fingerprint density at radius 3 is 2.48 bits per heavy atom. The number of carbonyl (C=O) groups excluding carboxylic acids is 1. The number of rotatable bonds is 5. The Labute approximate surface area is 134 Å². The summed E-state index contributed by atoms with van der Waals surface area (Å²) >= 11 is 0. The molecule has 0 amide bonds. The monoisotopic (exact) mass is 304 g/mol. The number of aldehydes is 1. The lowest BCUT2D eigenvalue weighted by molar-refractivity contribution is 0.112. The van der Waals surface area contributed by atoms with Crippen molar-refractivity contribution in [2.75, 3.05) is 0 Å². The highest BCUT2D eigenvalue weighted by Crippen LogP contribution is 2.28. The summed E-state index contributed by atoms with van der Waals surface area (Å²) in [4.78, 5) is 10.9. The number of ether oxygens (including phenoxy) is 1. The molecule has 0 fully saturated rings.